The van der Waals surface area contributed by atoms with E-state index in [0.717, 1.165) is 18.9 Å². The van der Waals surface area contributed by atoms with Crippen molar-refractivity contribution >= 4 is 12.0 Å². The van der Waals surface area contributed by atoms with Crippen LogP contribution in [0.4, 0.5) is 18.0 Å². The fourth-order valence-corrected chi connectivity index (χ4v) is 3.52. The van der Waals surface area contributed by atoms with Gasteiger partial charge in [-0.1, -0.05) is 12.1 Å². The predicted molar refractivity (Wildman–Crippen MR) is 106 cm³/mol. The minimum absolute atomic E-state index is 0.109. The number of rotatable bonds is 7. The average molecular weight is 451 g/mol. The molecular weight excluding hydrogens is 431 g/mol. The number of carbonyl (C=O) groups excluding carboxylic acids is 2. The first-order valence-electron chi connectivity index (χ1n) is 9.94. The Balaban J connectivity index is 1.52. The number of pyridine rings is 1. The van der Waals surface area contributed by atoms with Gasteiger partial charge in [-0.05, 0) is 42.5 Å². The predicted octanol–water partition coefficient (Wildman–Crippen LogP) is 2.77. The standard InChI is InChI=1S/C21H20F3N3O5/c22-21(23,24)17-15(7-16(18(25)28)19(29)26-17)12-3-5-14(6-4-12)31-9-13-10-32-20(30)27(13)8-11-1-2-11/h3-7,11,13H,1-2,8-10H2,(H2,25,28)(H,26,29). The van der Waals surface area contributed by atoms with Gasteiger partial charge in [-0.25, -0.2) is 4.79 Å². The summed E-state index contributed by atoms with van der Waals surface area (Å²) in [6.45, 7) is 1.02. The molecule has 2 amide bonds. The molecule has 2 fully saturated rings. The summed E-state index contributed by atoms with van der Waals surface area (Å²) in [5.74, 6) is -0.259. The highest BCUT2D eigenvalue weighted by Gasteiger charge is 2.38. The summed E-state index contributed by atoms with van der Waals surface area (Å²) in [6.07, 6.45) is -3.05. The first-order chi connectivity index (χ1) is 15.1. The maximum absolute atomic E-state index is 13.4. The highest BCUT2D eigenvalue weighted by atomic mass is 19.4. The van der Waals surface area contributed by atoms with Crippen LogP contribution in [0.25, 0.3) is 11.1 Å². The number of aromatic nitrogens is 1. The summed E-state index contributed by atoms with van der Waals surface area (Å²) < 4.78 is 51.1. The van der Waals surface area contributed by atoms with Crippen LogP contribution in [0.15, 0.2) is 35.1 Å². The molecule has 0 bridgehead atoms. The lowest BCUT2D eigenvalue weighted by Gasteiger charge is -2.21. The molecule has 4 rings (SSSR count). The van der Waals surface area contributed by atoms with Crippen LogP contribution in [0.5, 0.6) is 5.75 Å². The second kappa shape index (κ2) is 8.21. The number of primary amides is 1. The number of hydrogen-bond donors (Lipinski definition) is 2. The number of hydrogen-bond acceptors (Lipinski definition) is 5. The summed E-state index contributed by atoms with van der Waals surface area (Å²) in [5, 5.41) is 0. The number of nitrogens with one attached hydrogen (secondary N) is 1. The molecule has 0 spiro atoms. The molecule has 1 saturated carbocycles. The number of nitrogens with two attached hydrogens (primary N) is 1. The molecule has 1 atom stereocenters. The van der Waals surface area contributed by atoms with Crippen molar-refractivity contribution in [3.8, 4) is 16.9 Å². The Morgan fingerprint density at radius 1 is 1.22 bits per heavy atom. The van der Waals surface area contributed by atoms with E-state index in [1.165, 1.54) is 24.3 Å². The van der Waals surface area contributed by atoms with Crippen molar-refractivity contribution in [1.29, 1.82) is 0 Å². The summed E-state index contributed by atoms with van der Waals surface area (Å²) in [6, 6.07) is 6.28. The third-order valence-corrected chi connectivity index (χ3v) is 5.42. The van der Waals surface area contributed by atoms with E-state index in [4.69, 9.17) is 15.2 Å². The van der Waals surface area contributed by atoms with E-state index in [1.54, 1.807) is 9.88 Å². The largest absolute Gasteiger partial charge is 0.491 e. The zero-order valence-corrected chi connectivity index (χ0v) is 16.8. The van der Waals surface area contributed by atoms with Crippen LogP contribution in [0.1, 0.15) is 28.9 Å². The van der Waals surface area contributed by atoms with Crippen molar-refractivity contribution in [1.82, 2.24) is 9.88 Å². The SMILES string of the molecule is NC(=O)c1cc(-c2ccc(OCC3COC(=O)N3CC3CC3)cc2)c(C(F)(F)F)[nH]c1=O. The van der Waals surface area contributed by atoms with Gasteiger partial charge in [0.25, 0.3) is 11.5 Å². The molecule has 32 heavy (non-hydrogen) atoms. The lowest BCUT2D eigenvalue weighted by molar-refractivity contribution is -0.140. The second-order valence-corrected chi connectivity index (χ2v) is 7.82. The molecule has 8 nitrogen and oxygen atoms in total. The third-order valence-electron chi connectivity index (χ3n) is 5.42. The van der Waals surface area contributed by atoms with Crippen molar-refractivity contribution < 1.29 is 32.2 Å². The minimum Gasteiger partial charge on any atom is -0.491 e. The molecule has 1 aliphatic carbocycles. The Hall–Kier alpha value is -3.50. The van der Waals surface area contributed by atoms with Gasteiger partial charge in [0.1, 0.15) is 36.3 Å². The Labute approximate surface area is 180 Å². The van der Waals surface area contributed by atoms with E-state index in [0.29, 0.717) is 18.2 Å². The van der Waals surface area contributed by atoms with Gasteiger partial charge < -0.3 is 20.2 Å². The maximum atomic E-state index is 13.4. The Kier molecular flexibility index (Phi) is 5.57. The first kappa shape index (κ1) is 21.7. The molecule has 1 aromatic carbocycles. The van der Waals surface area contributed by atoms with E-state index in [9.17, 15) is 27.6 Å². The molecule has 2 aromatic rings. The number of nitrogens with zero attached hydrogens (tertiary/aromatic N) is 1. The Morgan fingerprint density at radius 2 is 1.91 bits per heavy atom. The topological polar surface area (TPSA) is 115 Å². The van der Waals surface area contributed by atoms with Gasteiger partial charge in [-0.2, -0.15) is 13.2 Å². The number of carbonyl (C=O) groups is 2. The number of benzene rings is 1. The van der Waals surface area contributed by atoms with Crippen molar-refractivity contribution in [2.24, 2.45) is 11.7 Å². The van der Waals surface area contributed by atoms with Crippen LogP contribution in [0.3, 0.4) is 0 Å². The molecule has 11 heteroatoms. The van der Waals surface area contributed by atoms with Crippen molar-refractivity contribution in [3.63, 3.8) is 0 Å². The highest BCUT2D eigenvalue weighted by Crippen LogP contribution is 2.36. The number of cyclic esters (lactones) is 1. The van der Waals surface area contributed by atoms with Gasteiger partial charge in [0.2, 0.25) is 0 Å². The van der Waals surface area contributed by atoms with Crippen LogP contribution >= 0.6 is 0 Å². The lowest BCUT2D eigenvalue weighted by Crippen LogP contribution is -2.39. The highest BCUT2D eigenvalue weighted by molar-refractivity contribution is 5.94. The number of halogens is 3. The van der Waals surface area contributed by atoms with Gasteiger partial charge in [-0.15, -0.1) is 0 Å². The zero-order chi connectivity index (χ0) is 23.0. The second-order valence-electron chi connectivity index (χ2n) is 7.82. The van der Waals surface area contributed by atoms with Crippen molar-refractivity contribution in [2.45, 2.75) is 25.1 Å². The van der Waals surface area contributed by atoms with Crippen LogP contribution < -0.4 is 16.0 Å². The Bertz CT molecular complexity index is 1090. The number of H-pyrrole nitrogens is 1. The molecule has 2 heterocycles. The van der Waals surface area contributed by atoms with E-state index < -0.39 is 28.9 Å². The smallest absolute Gasteiger partial charge is 0.431 e. The van der Waals surface area contributed by atoms with Gasteiger partial charge >= 0.3 is 12.3 Å². The first-order valence-corrected chi connectivity index (χ1v) is 9.94. The summed E-state index contributed by atoms with van der Waals surface area (Å²) >= 11 is 0. The molecule has 170 valence electrons. The zero-order valence-electron chi connectivity index (χ0n) is 16.8. The summed E-state index contributed by atoms with van der Waals surface area (Å²) in [4.78, 5) is 38.4. The van der Waals surface area contributed by atoms with E-state index >= 15 is 0 Å². The van der Waals surface area contributed by atoms with Gasteiger partial charge in [0.15, 0.2) is 0 Å². The monoisotopic (exact) mass is 451 g/mol. The Morgan fingerprint density at radius 3 is 2.50 bits per heavy atom. The molecule has 1 unspecified atom stereocenters. The van der Waals surface area contributed by atoms with Gasteiger partial charge in [0.05, 0.1) is 0 Å². The van der Waals surface area contributed by atoms with Crippen LogP contribution in [-0.2, 0) is 10.9 Å². The molecule has 1 aromatic heterocycles. The maximum Gasteiger partial charge on any atom is 0.431 e. The quantitative estimate of drug-likeness (QED) is 0.672. The molecular formula is C21H20F3N3O5. The lowest BCUT2D eigenvalue weighted by atomic mass is 10.0. The normalized spacial score (nSPS) is 18.5. The van der Waals surface area contributed by atoms with Crippen LogP contribution in [0, 0.1) is 5.92 Å². The summed E-state index contributed by atoms with van der Waals surface area (Å²) in [7, 11) is 0. The fraction of sp³-hybridized carbons (Fsp3) is 0.381. The van der Waals surface area contributed by atoms with Gasteiger partial charge in [-0.3, -0.25) is 14.5 Å². The van der Waals surface area contributed by atoms with Crippen molar-refractivity contribution in [2.75, 3.05) is 19.8 Å². The molecule has 3 N–H and O–H groups in total. The molecule has 0 radical (unpaired) electrons. The average Bonchev–Trinajstić information content (AvgIpc) is 3.49. The molecule has 1 saturated heterocycles. The summed E-state index contributed by atoms with van der Waals surface area (Å²) in [5.41, 5.74) is 1.76. The van der Waals surface area contributed by atoms with Gasteiger partial charge in [0, 0.05) is 12.1 Å². The van der Waals surface area contributed by atoms with Crippen LogP contribution in [0.2, 0.25) is 0 Å². The minimum atomic E-state index is -4.85. The number of amides is 2. The van der Waals surface area contributed by atoms with E-state index in [1.807, 2.05) is 0 Å². The number of alkyl halides is 3. The van der Waals surface area contributed by atoms with Crippen molar-refractivity contribution in [3.05, 3.63) is 51.9 Å². The fourth-order valence-electron chi connectivity index (χ4n) is 3.52. The van der Waals surface area contributed by atoms with E-state index in [2.05, 4.69) is 0 Å². The van der Waals surface area contributed by atoms with E-state index in [-0.39, 0.29) is 36.5 Å². The number of ether oxygens (including phenoxy) is 2. The molecule has 2 aliphatic rings. The third kappa shape index (κ3) is 4.56. The molecule has 1 aliphatic heterocycles. The van der Waals surface area contributed by atoms with Crippen LogP contribution in [-0.4, -0.2) is 47.7 Å². The number of aromatic amines is 1.